The number of nitrogens with two attached hydrogens (primary N) is 3. The number of nitrogens with one attached hydrogen (secondary N) is 10. The number of benzene rings is 5. The van der Waals surface area contributed by atoms with Gasteiger partial charge >= 0.3 is 5.97 Å². The molecule has 660 valence electrons. The zero-order valence-corrected chi connectivity index (χ0v) is 71.5. The van der Waals surface area contributed by atoms with Crippen molar-refractivity contribution in [2.24, 2.45) is 29.0 Å². The van der Waals surface area contributed by atoms with Crippen LogP contribution in [0, 0.1) is 11.8 Å². The molecule has 0 saturated carbocycles. The molecule has 1 fully saturated rings. The number of carbonyl (C=O) groups is 16. The SMILES string of the molecule is CCCC[C@H]1C(=O)N(C)CC(=O)N[C@@H](CC(=O)O)C(=O)N[C@@H](C(C)C)C(=O)N(C)[C@@H](Cc2ccccc2)C(=O)N[C@@H](CN)C(=O)N(C)CC(=O)N[C@@H](Cc2c[nH]c3ccccc23)C(=O)N[C@@H](Cc2ccc(CN)cc2)C(=O)N[C@@H](CC(C)C)C(=O)N[C@H](C(=O)NCC(N)=O)CSCC(=O)N[C@@H](Cc2ccccc2)C(=O)N(C)[C@H]2Cc3cccc(c3)N1C2=O. The molecule has 2 aliphatic heterocycles. The summed E-state index contributed by atoms with van der Waals surface area (Å²) in [6, 6.07) is 21.2. The highest BCUT2D eigenvalue weighted by Gasteiger charge is 2.44. The van der Waals surface area contributed by atoms with Crippen molar-refractivity contribution < 1.29 is 81.8 Å². The molecule has 8 rings (SSSR count). The lowest BCUT2D eigenvalue weighted by molar-refractivity contribution is -0.145. The number of rotatable bonds is 21. The molecule has 36 heteroatoms. The van der Waals surface area contributed by atoms with E-state index in [1.54, 1.807) is 167 Å². The first-order valence-electron chi connectivity index (χ1n) is 40.9. The van der Waals surface area contributed by atoms with Gasteiger partial charge in [-0.3, -0.25) is 81.6 Å². The first-order chi connectivity index (χ1) is 58.6. The van der Waals surface area contributed by atoms with Crippen LogP contribution in [0.3, 0.4) is 0 Å². The number of aromatic nitrogens is 1. The van der Waals surface area contributed by atoms with Crippen molar-refractivity contribution in [3.05, 3.63) is 173 Å². The van der Waals surface area contributed by atoms with E-state index in [0.717, 1.165) is 32.0 Å². The first-order valence-corrected chi connectivity index (χ1v) is 42.1. The Morgan fingerprint density at radius 2 is 1.09 bits per heavy atom. The predicted molar refractivity (Wildman–Crippen MR) is 460 cm³/mol. The van der Waals surface area contributed by atoms with E-state index < -0.39 is 205 Å². The molecule has 35 nitrogen and oxygen atoms in total. The van der Waals surface area contributed by atoms with E-state index in [0.29, 0.717) is 51.6 Å². The van der Waals surface area contributed by atoms with Crippen LogP contribution in [0.15, 0.2) is 140 Å². The minimum atomic E-state index is -1.89. The van der Waals surface area contributed by atoms with E-state index in [1.807, 2.05) is 6.92 Å². The number of carbonyl (C=O) groups excluding carboxylic acids is 15. The zero-order valence-electron chi connectivity index (χ0n) is 70.7. The third kappa shape index (κ3) is 27.5. The summed E-state index contributed by atoms with van der Waals surface area (Å²) >= 11 is 0.847. The number of nitrogens with zero attached hydrogens (tertiary/aromatic N) is 5. The van der Waals surface area contributed by atoms with Gasteiger partial charge in [0.2, 0.25) is 82.7 Å². The average molecular weight is 1720 g/mol. The number of H-pyrrole nitrogens is 1. The second kappa shape index (κ2) is 45.9. The molecule has 2 aliphatic rings. The predicted octanol–water partition coefficient (Wildman–Crippen LogP) is -0.0217. The quantitative estimate of drug-likeness (QED) is 0.0450. The molecule has 6 aromatic rings. The maximum absolute atomic E-state index is 15.6. The summed E-state index contributed by atoms with van der Waals surface area (Å²) < 4.78 is 0. The summed E-state index contributed by atoms with van der Waals surface area (Å²) in [4.78, 5) is 241. The number of unbranched alkanes of at least 4 members (excludes halogenated alkanes) is 1. The van der Waals surface area contributed by atoms with Gasteiger partial charge in [0.25, 0.3) is 5.91 Å². The molecule has 123 heavy (non-hydrogen) atoms. The third-order valence-corrected chi connectivity index (χ3v) is 22.4. The summed E-state index contributed by atoms with van der Waals surface area (Å²) in [7, 11) is 5.18. The fourth-order valence-corrected chi connectivity index (χ4v) is 15.5. The highest BCUT2D eigenvalue weighted by atomic mass is 32.2. The third-order valence-electron chi connectivity index (χ3n) is 21.3. The van der Waals surface area contributed by atoms with E-state index in [4.69, 9.17) is 17.2 Å². The molecule has 1 saturated heterocycles. The van der Waals surface area contributed by atoms with Gasteiger partial charge in [-0.1, -0.05) is 163 Å². The van der Waals surface area contributed by atoms with E-state index in [2.05, 4.69) is 52.8 Å². The van der Waals surface area contributed by atoms with Gasteiger partial charge in [-0.25, -0.2) is 0 Å². The van der Waals surface area contributed by atoms with Crippen molar-refractivity contribution >= 4 is 123 Å². The van der Waals surface area contributed by atoms with Gasteiger partial charge < -0.3 is 94.7 Å². The number of fused-ring (bicyclic) bond motifs is 6. The molecule has 0 spiro atoms. The van der Waals surface area contributed by atoms with Crippen molar-refractivity contribution in [3.63, 3.8) is 0 Å². The first kappa shape index (κ1) is 95.9. The molecule has 17 N–H and O–H groups in total. The van der Waals surface area contributed by atoms with Gasteiger partial charge in [-0.15, -0.1) is 11.8 Å². The molecule has 3 heterocycles. The molecule has 1 aromatic heterocycles. The van der Waals surface area contributed by atoms with Crippen molar-refractivity contribution in [1.29, 1.82) is 0 Å². The number of hydrogen-bond acceptors (Lipinski definition) is 19. The lowest BCUT2D eigenvalue weighted by atomic mass is 9.98. The number of anilines is 1. The lowest BCUT2D eigenvalue weighted by Crippen LogP contribution is -2.61. The standard InChI is InChI=1S/C87H114N18O17S/c1-10-11-29-68-85(120)102(7)47-73(108)94-64(41-75(110)111)81(116)100-76(51(4)5)87(122)103(8)69(38-53-23-16-13-17-24-53)82(117)98-66(43-89)83(118)101(6)46-72(107)93-63(40-57-44-91-60-28-19-18-27-59(57)60)80(115)97-62(36-54-30-32-55(42-88)33-31-54)79(114)96-61(34-50(2)3)78(113)99-67(77(112)92-45-71(90)106)48-123-49-74(109)95-65(37-52-21-14-12-15-22-52)84(119)104(9)70-39-56-25-20-26-58(35-56)105(68)86(70)121/h12-28,30-33,35,44,50-51,61-70,76,91H,10-11,29,34,36-43,45-49,88-89H2,1-9H3,(H2,90,106)(H,92,112)(H,93,107)(H,94,108)(H,95,109)(H,96,114)(H,97,115)(H,98,117)(H,99,113)(H,100,116)(H,110,111)/t61-,62-,63-,64-,65-,66-,67-,68-,69-,70-,76-/m0/s1. The van der Waals surface area contributed by atoms with E-state index >= 15 is 28.8 Å². The van der Waals surface area contributed by atoms with Gasteiger partial charge in [0.15, 0.2) is 0 Å². The van der Waals surface area contributed by atoms with Crippen LogP contribution in [-0.2, 0) is 115 Å². The summed E-state index contributed by atoms with van der Waals surface area (Å²) in [6.45, 7) is 5.89. The highest BCUT2D eigenvalue weighted by Crippen LogP contribution is 2.31. The largest absolute Gasteiger partial charge is 0.481 e. The Morgan fingerprint density at radius 1 is 0.537 bits per heavy atom. The van der Waals surface area contributed by atoms with Crippen LogP contribution in [0.2, 0.25) is 0 Å². The average Bonchev–Trinajstić information content (AvgIpc) is 1.68. The Kier molecular flexibility index (Phi) is 35.8. The monoisotopic (exact) mass is 1710 g/mol. The molecule has 0 radical (unpaired) electrons. The Bertz CT molecular complexity index is 4760. The second-order valence-corrected chi connectivity index (χ2v) is 32.8. The van der Waals surface area contributed by atoms with Crippen molar-refractivity contribution in [2.45, 2.75) is 172 Å². The number of aliphatic carboxylic acids is 1. The number of carboxylic acids is 1. The summed E-state index contributed by atoms with van der Waals surface area (Å²) in [5.74, 6) is -16.8. The van der Waals surface area contributed by atoms with Gasteiger partial charge in [0, 0.05) is 102 Å². The van der Waals surface area contributed by atoms with Gasteiger partial charge in [-0.2, -0.15) is 0 Å². The Morgan fingerprint density at radius 3 is 1.70 bits per heavy atom. The van der Waals surface area contributed by atoms with E-state index in [1.165, 1.54) is 38.0 Å². The summed E-state index contributed by atoms with van der Waals surface area (Å²) in [5, 5.41) is 34.7. The van der Waals surface area contributed by atoms with Crippen LogP contribution >= 0.6 is 11.8 Å². The summed E-state index contributed by atoms with van der Waals surface area (Å²) in [5.41, 5.74) is 22.1. The van der Waals surface area contributed by atoms with E-state index in [-0.39, 0.29) is 68.8 Å². The van der Waals surface area contributed by atoms with Crippen LogP contribution in [0.5, 0.6) is 0 Å². The highest BCUT2D eigenvalue weighted by molar-refractivity contribution is 8.00. The molecule has 15 amide bonds. The van der Waals surface area contributed by atoms with Crippen LogP contribution in [0.4, 0.5) is 5.69 Å². The number of aromatic amines is 1. The Hall–Kier alpha value is -12.6. The number of para-hydroxylation sites is 1. The normalized spacial score (nSPS) is 22.7. The maximum Gasteiger partial charge on any atom is 0.305 e. The lowest BCUT2D eigenvalue weighted by Gasteiger charge is -2.37. The second-order valence-electron chi connectivity index (χ2n) is 31.7. The Labute approximate surface area is 718 Å². The molecular weight excluding hydrogens is 1600 g/mol. The molecule has 0 unspecified atom stereocenters. The number of primary amides is 1. The topological polar surface area (TPSA) is 512 Å². The summed E-state index contributed by atoms with van der Waals surface area (Å²) in [6.07, 6.45) is 0.671. The zero-order chi connectivity index (χ0) is 89.9. The number of hydrogen-bond donors (Lipinski definition) is 14. The Balaban J connectivity index is 1.18. The van der Waals surface area contributed by atoms with Crippen LogP contribution in [-0.4, -0.2) is 257 Å². The van der Waals surface area contributed by atoms with Gasteiger partial charge in [0.05, 0.1) is 31.8 Å². The molecule has 5 aromatic carbocycles. The number of amides is 15. The molecule has 11 atom stereocenters. The molecule has 0 aliphatic carbocycles. The van der Waals surface area contributed by atoms with Crippen LogP contribution in [0.1, 0.15) is 100 Å². The van der Waals surface area contributed by atoms with E-state index in [9.17, 15) is 53.1 Å². The van der Waals surface area contributed by atoms with Crippen molar-refractivity contribution in [2.75, 3.05) is 70.8 Å². The van der Waals surface area contributed by atoms with Crippen molar-refractivity contribution in [3.8, 4) is 0 Å². The minimum absolute atomic E-state index is 0.0288. The maximum atomic E-state index is 15.6. The smallest absolute Gasteiger partial charge is 0.305 e. The van der Waals surface area contributed by atoms with Crippen LogP contribution < -0.4 is 70.0 Å². The van der Waals surface area contributed by atoms with Crippen molar-refractivity contribution in [1.82, 2.24) is 72.4 Å². The van der Waals surface area contributed by atoms with Crippen LogP contribution in [0.25, 0.3) is 10.9 Å². The fourth-order valence-electron chi connectivity index (χ4n) is 14.6. The number of likely N-dealkylation sites (N-methyl/N-ethyl adjacent to an activating group) is 4. The fraction of sp³-hybridized carbons (Fsp3) is 0.448. The minimum Gasteiger partial charge on any atom is -0.481 e. The molecule has 4 bridgehead atoms. The number of carboxylic acid groups (broad SMARTS) is 1. The van der Waals surface area contributed by atoms with Gasteiger partial charge in [-0.05, 0) is 76.3 Å². The molecular formula is C87H114N18O17S. The van der Waals surface area contributed by atoms with Gasteiger partial charge in [0.1, 0.15) is 66.5 Å². The number of thioether (sulfide) groups is 1.